The SMILES string of the molecule is CCOC(=O)c1nc(-c2cc(Cl)c(N)c(Cl)c2)n[nH]1. The largest absolute Gasteiger partial charge is 0.460 e. The quantitative estimate of drug-likeness (QED) is 0.671. The minimum absolute atomic E-state index is 0.0147. The topological polar surface area (TPSA) is 93.9 Å². The van der Waals surface area contributed by atoms with Gasteiger partial charge in [-0.05, 0) is 19.1 Å². The van der Waals surface area contributed by atoms with Gasteiger partial charge in [0.15, 0.2) is 5.82 Å². The van der Waals surface area contributed by atoms with Crippen LogP contribution in [0.25, 0.3) is 11.4 Å². The molecule has 2 aromatic rings. The maximum atomic E-state index is 11.4. The van der Waals surface area contributed by atoms with Crippen LogP contribution in [0.1, 0.15) is 17.5 Å². The van der Waals surface area contributed by atoms with E-state index < -0.39 is 5.97 Å². The van der Waals surface area contributed by atoms with Gasteiger partial charge in [-0.25, -0.2) is 9.78 Å². The molecule has 1 heterocycles. The van der Waals surface area contributed by atoms with Gasteiger partial charge in [0.1, 0.15) is 0 Å². The first kappa shape index (κ1) is 13.6. The Bertz CT molecular complexity index is 604. The van der Waals surface area contributed by atoms with E-state index in [9.17, 15) is 4.79 Å². The molecule has 0 radical (unpaired) electrons. The number of hydrogen-bond acceptors (Lipinski definition) is 5. The van der Waals surface area contributed by atoms with Crippen LogP contribution in [0.3, 0.4) is 0 Å². The summed E-state index contributed by atoms with van der Waals surface area (Å²) >= 11 is 11.8. The fraction of sp³-hybridized carbons (Fsp3) is 0.182. The molecule has 0 bridgehead atoms. The van der Waals surface area contributed by atoms with Gasteiger partial charge in [-0.3, -0.25) is 5.10 Å². The van der Waals surface area contributed by atoms with E-state index in [1.54, 1.807) is 19.1 Å². The molecule has 19 heavy (non-hydrogen) atoms. The van der Waals surface area contributed by atoms with E-state index in [-0.39, 0.29) is 23.9 Å². The Balaban J connectivity index is 2.35. The summed E-state index contributed by atoms with van der Waals surface area (Å²) in [5.41, 5.74) is 6.47. The normalized spacial score (nSPS) is 10.5. The number of rotatable bonds is 3. The molecule has 0 aliphatic carbocycles. The van der Waals surface area contributed by atoms with Gasteiger partial charge in [-0.15, -0.1) is 0 Å². The van der Waals surface area contributed by atoms with Gasteiger partial charge in [0.2, 0.25) is 5.82 Å². The monoisotopic (exact) mass is 300 g/mol. The molecule has 0 amide bonds. The predicted molar refractivity (Wildman–Crippen MR) is 72.2 cm³/mol. The number of benzene rings is 1. The lowest BCUT2D eigenvalue weighted by atomic mass is 10.2. The highest BCUT2D eigenvalue weighted by Gasteiger charge is 2.15. The fourth-order valence-corrected chi connectivity index (χ4v) is 1.88. The van der Waals surface area contributed by atoms with Crippen molar-refractivity contribution in [2.24, 2.45) is 0 Å². The van der Waals surface area contributed by atoms with Crippen LogP contribution >= 0.6 is 23.2 Å². The molecule has 0 unspecified atom stereocenters. The summed E-state index contributed by atoms with van der Waals surface area (Å²) in [5.74, 6) is -0.276. The van der Waals surface area contributed by atoms with E-state index >= 15 is 0 Å². The van der Waals surface area contributed by atoms with Crippen molar-refractivity contribution < 1.29 is 9.53 Å². The second-order valence-electron chi connectivity index (χ2n) is 3.58. The lowest BCUT2D eigenvalue weighted by Crippen LogP contribution is -2.06. The molecule has 1 aromatic heterocycles. The molecule has 3 N–H and O–H groups in total. The Hall–Kier alpha value is -1.79. The van der Waals surface area contributed by atoms with Gasteiger partial charge in [-0.2, -0.15) is 5.10 Å². The summed E-state index contributed by atoms with van der Waals surface area (Å²) < 4.78 is 4.80. The Kier molecular flexibility index (Phi) is 3.92. The van der Waals surface area contributed by atoms with Crippen molar-refractivity contribution in [1.29, 1.82) is 0 Å². The molecule has 6 nitrogen and oxygen atoms in total. The number of ether oxygens (including phenoxy) is 1. The second kappa shape index (κ2) is 5.46. The summed E-state index contributed by atoms with van der Waals surface area (Å²) in [7, 11) is 0. The van der Waals surface area contributed by atoms with Crippen molar-refractivity contribution in [3.05, 3.63) is 28.0 Å². The number of aromatic nitrogens is 3. The number of H-pyrrole nitrogens is 1. The second-order valence-corrected chi connectivity index (χ2v) is 4.40. The summed E-state index contributed by atoms with van der Waals surface area (Å²) in [6, 6.07) is 3.14. The van der Waals surface area contributed by atoms with Crippen LogP contribution in [-0.4, -0.2) is 27.8 Å². The van der Waals surface area contributed by atoms with E-state index in [4.69, 9.17) is 33.7 Å². The standard InChI is InChI=1S/C11H10Cl2N4O2/c1-2-19-11(18)10-15-9(16-17-10)5-3-6(12)8(14)7(13)4-5/h3-4H,2,14H2,1H3,(H,15,16,17). The van der Waals surface area contributed by atoms with Gasteiger partial charge in [0.25, 0.3) is 0 Å². The van der Waals surface area contributed by atoms with Crippen molar-refractivity contribution >= 4 is 34.9 Å². The van der Waals surface area contributed by atoms with E-state index in [0.717, 1.165) is 0 Å². The molecule has 0 saturated heterocycles. The summed E-state index contributed by atoms with van der Waals surface area (Å²) in [5, 5.41) is 6.99. The number of nitrogens with zero attached hydrogens (tertiary/aromatic N) is 2. The smallest absolute Gasteiger partial charge is 0.375 e. The maximum Gasteiger partial charge on any atom is 0.375 e. The van der Waals surface area contributed by atoms with Crippen LogP contribution in [0.4, 0.5) is 5.69 Å². The van der Waals surface area contributed by atoms with Gasteiger partial charge in [0, 0.05) is 5.56 Å². The van der Waals surface area contributed by atoms with Crippen molar-refractivity contribution in [2.75, 3.05) is 12.3 Å². The van der Waals surface area contributed by atoms with Gasteiger partial charge < -0.3 is 10.5 Å². The third kappa shape index (κ3) is 2.80. The predicted octanol–water partition coefficient (Wildman–Crippen LogP) is 2.54. The molecule has 0 atom stereocenters. The number of nitrogens with one attached hydrogen (secondary N) is 1. The summed E-state index contributed by atoms with van der Waals surface area (Å²) in [4.78, 5) is 15.5. The average molecular weight is 301 g/mol. The van der Waals surface area contributed by atoms with Crippen molar-refractivity contribution in [2.45, 2.75) is 6.92 Å². The number of aromatic amines is 1. The molecule has 0 saturated carbocycles. The first-order valence-corrected chi connectivity index (χ1v) is 6.13. The fourth-order valence-electron chi connectivity index (χ4n) is 1.40. The zero-order valence-electron chi connectivity index (χ0n) is 9.91. The van der Waals surface area contributed by atoms with Crippen LogP contribution < -0.4 is 5.73 Å². The maximum absolute atomic E-state index is 11.4. The van der Waals surface area contributed by atoms with Gasteiger partial charge in [-0.1, -0.05) is 23.2 Å². The molecular formula is C11H10Cl2N4O2. The molecule has 0 spiro atoms. The van der Waals surface area contributed by atoms with Crippen molar-refractivity contribution in [1.82, 2.24) is 15.2 Å². The molecular weight excluding hydrogens is 291 g/mol. The number of carbonyl (C=O) groups excluding carboxylic acids is 1. The van der Waals surface area contributed by atoms with Crippen LogP contribution in [-0.2, 0) is 4.74 Å². The first-order chi connectivity index (χ1) is 9.02. The van der Waals surface area contributed by atoms with Gasteiger partial charge in [0.05, 0.1) is 22.3 Å². The van der Waals surface area contributed by atoms with Gasteiger partial charge >= 0.3 is 5.97 Å². The Morgan fingerprint density at radius 3 is 2.63 bits per heavy atom. The van der Waals surface area contributed by atoms with Crippen LogP contribution in [0.5, 0.6) is 0 Å². The van der Waals surface area contributed by atoms with E-state index in [0.29, 0.717) is 15.6 Å². The minimum atomic E-state index is -0.575. The number of hydrogen-bond donors (Lipinski definition) is 2. The first-order valence-electron chi connectivity index (χ1n) is 5.37. The molecule has 8 heteroatoms. The third-order valence-corrected chi connectivity index (χ3v) is 2.92. The number of halogens is 2. The highest BCUT2D eigenvalue weighted by atomic mass is 35.5. The van der Waals surface area contributed by atoms with E-state index in [1.807, 2.05) is 0 Å². The molecule has 0 aliphatic heterocycles. The molecule has 2 rings (SSSR count). The van der Waals surface area contributed by atoms with Crippen LogP contribution in [0.15, 0.2) is 12.1 Å². The average Bonchev–Trinajstić information content (AvgIpc) is 2.85. The number of anilines is 1. The molecule has 0 fully saturated rings. The molecule has 0 aliphatic rings. The highest BCUT2D eigenvalue weighted by molar-refractivity contribution is 6.39. The minimum Gasteiger partial charge on any atom is -0.460 e. The highest BCUT2D eigenvalue weighted by Crippen LogP contribution is 2.32. The number of nitrogens with two attached hydrogens (primary N) is 1. The number of esters is 1. The zero-order valence-corrected chi connectivity index (χ0v) is 11.4. The zero-order chi connectivity index (χ0) is 14.0. The third-order valence-electron chi connectivity index (χ3n) is 2.29. The van der Waals surface area contributed by atoms with Crippen LogP contribution in [0.2, 0.25) is 10.0 Å². The molecule has 1 aromatic carbocycles. The van der Waals surface area contributed by atoms with E-state index in [2.05, 4.69) is 15.2 Å². The number of carbonyl (C=O) groups is 1. The Labute approximate surface area is 118 Å². The lowest BCUT2D eigenvalue weighted by molar-refractivity contribution is 0.0512. The lowest BCUT2D eigenvalue weighted by Gasteiger charge is -2.03. The van der Waals surface area contributed by atoms with Crippen LogP contribution in [0, 0.1) is 0 Å². The Morgan fingerprint density at radius 1 is 1.42 bits per heavy atom. The summed E-state index contributed by atoms with van der Waals surface area (Å²) in [6.07, 6.45) is 0. The Morgan fingerprint density at radius 2 is 2.05 bits per heavy atom. The number of nitrogen functional groups attached to an aromatic ring is 1. The van der Waals surface area contributed by atoms with Crippen molar-refractivity contribution in [3.63, 3.8) is 0 Å². The molecule has 100 valence electrons. The van der Waals surface area contributed by atoms with Crippen molar-refractivity contribution in [3.8, 4) is 11.4 Å². The summed E-state index contributed by atoms with van der Waals surface area (Å²) in [6.45, 7) is 1.96. The van der Waals surface area contributed by atoms with E-state index in [1.165, 1.54) is 0 Å².